The summed E-state index contributed by atoms with van der Waals surface area (Å²) in [7, 11) is 1.65. The van der Waals surface area contributed by atoms with Gasteiger partial charge in [0, 0.05) is 6.04 Å². The maximum atomic E-state index is 6.25. The van der Waals surface area contributed by atoms with Gasteiger partial charge in [0.05, 0.1) is 7.11 Å². The summed E-state index contributed by atoms with van der Waals surface area (Å²) in [6.07, 6.45) is 3.27. The van der Waals surface area contributed by atoms with Crippen LogP contribution in [0.5, 0.6) is 11.5 Å². The minimum atomic E-state index is 0.0462. The molecule has 0 bridgehead atoms. The van der Waals surface area contributed by atoms with E-state index in [1.165, 1.54) is 0 Å². The largest absolute Gasteiger partial charge is 0.493 e. The summed E-state index contributed by atoms with van der Waals surface area (Å²) in [6.45, 7) is 2.69. The van der Waals surface area contributed by atoms with Gasteiger partial charge in [0.25, 0.3) is 0 Å². The Kier molecular flexibility index (Phi) is 6.28. The minimum Gasteiger partial charge on any atom is -0.493 e. The van der Waals surface area contributed by atoms with Crippen LogP contribution in [0.3, 0.4) is 0 Å². The zero-order valence-electron chi connectivity index (χ0n) is 13.4. The summed E-state index contributed by atoms with van der Waals surface area (Å²) >= 11 is 0. The first-order valence-corrected chi connectivity index (χ1v) is 7.84. The summed E-state index contributed by atoms with van der Waals surface area (Å²) in [5.74, 6) is 1.48. The number of methoxy groups -OCH3 is 1. The van der Waals surface area contributed by atoms with Crippen molar-refractivity contribution in [2.24, 2.45) is 5.73 Å². The molecule has 0 aliphatic carbocycles. The van der Waals surface area contributed by atoms with Crippen molar-refractivity contribution in [1.29, 1.82) is 0 Å². The Morgan fingerprint density at radius 2 is 1.82 bits per heavy atom. The molecule has 3 nitrogen and oxygen atoms in total. The van der Waals surface area contributed by atoms with E-state index >= 15 is 0 Å². The minimum absolute atomic E-state index is 0.0462. The van der Waals surface area contributed by atoms with Crippen molar-refractivity contribution in [2.45, 2.75) is 38.8 Å². The predicted octanol–water partition coefficient (Wildman–Crippen LogP) is 4.46. The molecular formula is C19H25NO2. The lowest BCUT2D eigenvalue weighted by Crippen LogP contribution is -2.10. The molecule has 0 fully saturated rings. The highest BCUT2D eigenvalue weighted by Gasteiger charge is 2.11. The van der Waals surface area contributed by atoms with Gasteiger partial charge in [-0.05, 0) is 29.7 Å². The molecular weight excluding hydrogens is 274 g/mol. The van der Waals surface area contributed by atoms with Crippen LogP contribution >= 0.6 is 0 Å². The summed E-state index contributed by atoms with van der Waals surface area (Å²) in [5.41, 5.74) is 8.48. The van der Waals surface area contributed by atoms with Gasteiger partial charge in [-0.3, -0.25) is 0 Å². The topological polar surface area (TPSA) is 44.5 Å². The molecule has 0 heterocycles. The lowest BCUT2D eigenvalue weighted by Gasteiger charge is -2.16. The van der Waals surface area contributed by atoms with E-state index in [9.17, 15) is 0 Å². The Bertz CT molecular complexity index is 569. The van der Waals surface area contributed by atoms with Gasteiger partial charge in [0.15, 0.2) is 11.5 Å². The molecule has 2 aromatic rings. The second-order valence-electron chi connectivity index (χ2n) is 5.43. The highest BCUT2D eigenvalue weighted by atomic mass is 16.5. The van der Waals surface area contributed by atoms with Gasteiger partial charge < -0.3 is 15.2 Å². The molecule has 0 saturated carbocycles. The summed E-state index contributed by atoms with van der Waals surface area (Å²) in [6, 6.07) is 16.1. The second kappa shape index (κ2) is 8.44. The first-order valence-electron chi connectivity index (χ1n) is 7.84. The SMILES string of the molecule is CCCC[C@H](N)c1ccc(OC)c(OCc2ccccc2)c1. The molecule has 2 aromatic carbocycles. The molecule has 0 radical (unpaired) electrons. The Morgan fingerprint density at radius 3 is 2.50 bits per heavy atom. The van der Waals surface area contributed by atoms with E-state index in [2.05, 4.69) is 6.92 Å². The molecule has 0 aromatic heterocycles. The summed E-state index contributed by atoms with van der Waals surface area (Å²) in [4.78, 5) is 0. The first-order chi connectivity index (χ1) is 10.7. The van der Waals surface area contributed by atoms with E-state index < -0.39 is 0 Å². The van der Waals surface area contributed by atoms with E-state index in [-0.39, 0.29) is 6.04 Å². The number of hydrogen-bond donors (Lipinski definition) is 1. The lowest BCUT2D eigenvalue weighted by atomic mass is 10.0. The average Bonchev–Trinajstić information content (AvgIpc) is 2.58. The maximum absolute atomic E-state index is 6.25. The van der Waals surface area contributed by atoms with Crippen molar-refractivity contribution < 1.29 is 9.47 Å². The first kappa shape index (κ1) is 16.4. The maximum Gasteiger partial charge on any atom is 0.161 e. The molecule has 0 aliphatic rings. The van der Waals surface area contributed by atoms with E-state index in [1.54, 1.807) is 7.11 Å². The zero-order valence-corrected chi connectivity index (χ0v) is 13.4. The number of nitrogens with two attached hydrogens (primary N) is 1. The van der Waals surface area contributed by atoms with Gasteiger partial charge in [-0.1, -0.05) is 56.2 Å². The number of rotatable bonds is 8. The van der Waals surface area contributed by atoms with Crippen molar-refractivity contribution in [3.8, 4) is 11.5 Å². The molecule has 0 aliphatic heterocycles. The van der Waals surface area contributed by atoms with E-state index in [4.69, 9.17) is 15.2 Å². The van der Waals surface area contributed by atoms with Crippen molar-refractivity contribution in [3.05, 3.63) is 59.7 Å². The van der Waals surface area contributed by atoms with Gasteiger partial charge >= 0.3 is 0 Å². The number of benzene rings is 2. The fourth-order valence-electron chi connectivity index (χ4n) is 2.36. The van der Waals surface area contributed by atoms with Gasteiger partial charge in [-0.25, -0.2) is 0 Å². The molecule has 3 heteroatoms. The molecule has 2 N–H and O–H groups in total. The second-order valence-corrected chi connectivity index (χ2v) is 5.43. The highest BCUT2D eigenvalue weighted by Crippen LogP contribution is 2.31. The Morgan fingerprint density at radius 1 is 1.05 bits per heavy atom. The van der Waals surface area contributed by atoms with Crippen LogP contribution in [0, 0.1) is 0 Å². The fraction of sp³-hybridized carbons (Fsp3) is 0.368. The molecule has 118 valence electrons. The molecule has 0 saturated heterocycles. The van der Waals surface area contributed by atoms with Gasteiger partial charge in [-0.2, -0.15) is 0 Å². The van der Waals surface area contributed by atoms with E-state index in [0.717, 1.165) is 41.9 Å². The number of unbranched alkanes of at least 4 members (excludes halogenated alkanes) is 1. The third-order valence-corrected chi connectivity index (χ3v) is 3.72. The van der Waals surface area contributed by atoms with Gasteiger partial charge in [0.2, 0.25) is 0 Å². The van der Waals surface area contributed by atoms with Crippen molar-refractivity contribution in [1.82, 2.24) is 0 Å². The predicted molar refractivity (Wildman–Crippen MR) is 90.2 cm³/mol. The smallest absolute Gasteiger partial charge is 0.161 e. The zero-order chi connectivity index (χ0) is 15.8. The third-order valence-electron chi connectivity index (χ3n) is 3.72. The molecule has 0 unspecified atom stereocenters. The van der Waals surface area contributed by atoms with Crippen LogP contribution in [0.1, 0.15) is 43.4 Å². The van der Waals surface area contributed by atoms with Crippen molar-refractivity contribution >= 4 is 0 Å². The molecule has 2 rings (SSSR count). The molecule has 0 amide bonds. The normalized spacial score (nSPS) is 12.0. The van der Waals surface area contributed by atoms with Crippen LogP contribution in [-0.4, -0.2) is 7.11 Å². The van der Waals surface area contributed by atoms with Crippen LogP contribution in [0.25, 0.3) is 0 Å². The third kappa shape index (κ3) is 4.50. The summed E-state index contributed by atoms with van der Waals surface area (Å²) < 4.78 is 11.3. The van der Waals surface area contributed by atoms with Gasteiger partial charge in [-0.15, -0.1) is 0 Å². The number of ether oxygens (including phenoxy) is 2. The van der Waals surface area contributed by atoms with Crippen molar-refractivity contribution in [2.75, 3.05) is 7.11 Å². The monoisotopic (exact) mass is 299 g/mol. The van der Waals surface area contributed by atoms with Crippen LogP contribution in [0.4, 0.5) is 0 Å². The van der Waals surface area contributed by atoms with Crippen LogP contribution in [0.2, 0.25) is 0 Å². The van der Waals surface area contributed by atoms with E-state index in [1.807, 2.05) is 48.5 Å². The summed E-state index contributed by atoms with van der Waals surface area (Å²) in [5, 5.41) is 0. The van der Waals surface area contributed by atoms with Crippen LogP contribution in [0.15, 0.2) is 48.5 Å². The molecule has 0 spiro atoms. The standard InChI is InChI=1S/C19H25NO2/c1-3-4-10-17(20)16-11-12-18(21-2)19(13-16)22-14-15-8-6-5-7-9-15/h5-9,11-13,17H,3-4,10,14,20H2,1-2H3/t17-/m0/s1. The lowest BCUT2D eigenvalue weighted by molar-refractivity contribution is 0.284. The quantitative estimate of drug-likeness (QED) is 0.782. The van der Waals surface area contributed by atoms with Crippen LogP contribution < -0.4 is 15.2 Å². The Labute approximate surface area is 133 Å². The Hall–Kier alpha value is -2.00. The fourth-order valence-corrected chi connectivity index (χ4v) is 2.36. The number of hydrogen-bond acceptors (Lipinski definition) is 3. The average molecular weight is 299 g/mol. The van der Waals surface area contributed by atoms with Gasteiger partial charge in [0.1, 0.15) is 6.61 Å². The molecule has 1 atom stereocenters. The van der Waals surface area contributed by atoms with Crippen LogP contribution in [-0.2, 0) is 6.61 Å². The molecule has 22 heavy (non-hydrogen) atoms. The van der Waals surface area contributed by atoms with Crippen molar-refractivity contribution in [3.63, 3.8) is 0 Å². The Balaban J connectivity index is 2.10. The van der Waals surface area contributed by atoms with E-state index in [0.29, 0.717) is 6.61 Å². The highest BCUT2D eigenvalue weighted by molar-refractivity contribution is 5.44.